The summed E-state index contributed by atoms with van der Waals surface area (Å²) in [6, 6.07) is 14.3. The number of anilines is 1. The van der Waals surface area contributed by atoms with Crippen molar-refractivity contribution < 1.29 is 9.67 Å². The van der Waals surface area contributed by atoms with Gasteiger partial charge in [-0.05, 0) is 12.1 Å². The summed E-state index contributed by atoms with van der Waals surface area (Å²) >= 11 is 1.68. The normalized spacial score (nSPS) is 12.2. The first-order chi connectivity index (χ1) is 9.65. The summed E-state index contributed by atoms with van der Waals surface area (Å²) in [7, 11) is 4.04. The zero-order valence-corrected chi connectivity index (χ0v) is 12.8. The van der Waals surface area contributed by atoms with E-state index in [1.54, 1.807) is 11.8 Å². The van der Waals surface area contributed by atoms with Crippen molar-refractivity contribution in [1.29, 1.82) is 0 Å². The maximum absolute atomic E-state index is 10.1. The summed E-state index contributed by atoms with van der Waals surface area (Å²) in [6.45, 7) is 0.619. The lowest BCUT2D eigenvalue weighted by Gasteiger charge is -2.11. The first-order valence-corrected chi connectivity index (χ1v) is 7.66. The Bertz CT molecular complexity index is 514. The molecule has 1 heterocycles. The van der Waals surface area contributed by atoms with Gasteiger partial charge in [0.2, 0.25) is 0 Å². The molecule has 0 aliphatic carbocycles. The first-order valence-electron chi connectivity index (χ1n) is 6.67. The molecule has 1 N–H and O–H groups in total. The van der Waals surface area contributed by atoms with E-state index in [0.29, 0.717) is 12.3 Å². The number of hydrogen-bond donors (Lipinski definition) is 1. The van der Waals surface area contributed by atoms with E-state index in [9.17, 15) is 5.11 Å². The number of aromatic nitrogens is 1. The minimum Gasteiger partial charge on any atom is -0.386 e. The molecule has 1 aromatic heterocycles. The highest BCUT2D eigenvalue weighted by atomic mass is 32.2. The summed E-state index contributed by atoms with van der Waals surface area (Å²) in [5.41, 5.74) is 1.16. The summed E-state index contributed by atoms with van der Waals surface area (Å²) in [5, 5.41) is 10.1. The van der Waals surface area contributed by atoms with Crippen LogP contribution in [0.1, 0.15) is 0 Å². The van der Waals surface area contributed by atoms with Crippen molar-refractivity contribution in [3.8, 4) is 0 Å². The van der Waals surface area contributed by atoms with E-state index in [0.717, 1.165) is 5.69 Å². The van der Waals surface area contributed by atoms with Crippen LogP contribution in [0.15, 0.2) is 59.8 Å². The molecule has 2 rings (SSSR count). The molecular formula is C16H21N2OS+. The predicted molar refractivity (Wildman–Crippen MR) is 84.1 cm³/mol. The minimum absolute atomic E-state index is 0.351. The van der Waals surface area contributed by atoms with Crippen molar-refractivity contribution in [2.75, 3.05) is 24.7 Å². The van der Waals surface area contributed by atoms with Gasteiger partial charge in [-0.25, -0.2) is 4.57 Å². The van der Waals surface area contributed by atoms with Crippen molar-refractivity contribution in [2.45, 2.75) is 17.5 Å². The van der Waals surface area contributed by atoms with Crippen LogP contribution in [0.25, 0.3) is 0 Å². The second-order valence-electron chi connectivity index (χ2n) is 4.93. The van der Waals surface area contributed by atoms with Crippen LogP contribution >= 0.6 is 11.8 Å². The SMILES string of the molecule is CN(C)c1cc[n+](CC(O)CSc2ccccc2)cc1. The Morgan fingerprint density at radius 1 is 1.10 bits per heavy atom. The molecule has 1 aromatic carbocycles. The van der Waals surface area contributed by atoms with E-state index in [-0.39, 0.29) is 6.10 Å². The Balaban J connectivity index is 1.83. The van der Waals surface area contributed by atoms with E-state index in [4.69, 9.17) is 0 Å². The highest BCUT2D eigenvalue weighted by molar-refractivity contribution is 7.99. The van der Waals surface area contributed by atoms with Crippen molar-refractivity contribution >= 4 is 17.4 Å². The van der Waals surface area contributed by atoms with Gasteiger partial charge in [-0.1, -0.05) is 18.2 Å². The van der Waals surface area contributed by atoms with Crippen LogP contribution in [-0.2, 0) is 6.54 Å². The van der Waals surface area contributed by atoms with Gasteiger partial charge in [-0.2, -0.15) is 0 Å². The molecule has 0 spiro atoms. The van der Waals surface area contributed by atoms with E-state index in [2.05, 4.69) is 29.2 Å². The van der Waals surface area contributed by atoms with Crippen LogP contribution < -0.4 is 9.47 Å². The van der Waals surface area contributed by atoms with Gasteiger partial charge in [0.25, 0.3) is 0 Å². The number of nitrogens with zero attached hydrogens (tertiary/aromatic N) is 2. The number of thioether (sulfide) groups is 1. The quantitative estimate of drug-likeness (QED) is 0.652. The van der Waals surface area contributed by atoms with Crippen LogP contribution in [0.4, 0.5) is 5.69 Å². The monoisotopic (exact) mass is 289 g/mol. The molecular weight excluding hydrogens is 268 g/mol. The molecule has 0 amide bonds. The average molecular weight is 289 g/mol. The van der Waals surface area contributed by atoms with Gasteiger partial charge in [0.15, 0.2) is 18.9 Å². The molecule has 0 saturated heterocycles. The van der Waals surface area contributed by atoms with Gasteiger partial charge in [0, 0.05) is 42.6 Å². The molecule has 20 heavy (non-hydrogen) atoms. The van der Waals surface area contributed by atoms with Gasteiger partial charge < -0.3 is 10.0 Å². The second kappa shape index (κ2) is 7.31. The van der Waals surface area contributed by atoms with Crippen molar-refractivity contribution in [1.82, 2.24) is 0 Å². The smallest absolute Gasteiger partial charge is 0.174 e. The molecule has 0 fully saturated rings. The summed E-state index contributed by atoms with van der Waals surface area (Å²) < 4.78 is 2.02. The van der Waals surface area contributed by atoms with Gasteiger partial charge in [-0.15, -0.1) is 11.8 Å². The minimum atomic E-state index is -0.351. The predicted octanol–water partition coefficient (Wildman–Crippen LogP) is 2.19. The Morgan fingerprint density at radius 2 is 1.75 bits per heavy atom. The third-order valence-corrected chi connectivity index (χ3v) is 4.15. The van der Waals surface area contributed by atoms with Crippen LogP contribution in [0.2, 0.25) is 0 Å². The Kier molecular flexibility index (Phi) is 5.44. The van der Waals surface area contributed by atoms with Crippen molar-refractivity contribution in [3.05, 3.63) is 54.9 Å². The zero-order valence-electron chi connectivity index (χ0n) is 11.9. The lowest BCUT2D eigenvalue weighted by Crippen LogP contribution is -2.40. The van der Waals surface area contributed by atoms with Crippen LogP contribution in [0.3, 0.4) is 0 Å². The van der Waals surface area contributed by atoms with E-state index >= 15 is 0 Å². The van der Waals surface area contributed by atoms with Gasteiger partial charge in [-0.3, -0.25) is 0 Å². The number of benzene rings is 1. The summed E-state index contributed by atoms with van der Waals surface area (Å²) in [5.74, 6) is 0.701. The van der Waals surface area contributed by atoms with Gasteiger partial charge >= 0.3 is 0 Å². The number of rotatable bonds is 6. The Labute approximate surface area is 124 Å². The highest BCUT2D eigenvalue weighted by Gasteiger charge is 2.11. The molecule has 0 saturated carbocycles. The van der Waals surface area contributed by atoms with Crippen LogP contribution in [-0.4, -0.2) is 31.1 Å². The molecule has 4 heteroatoms. The van der Waals surface area contributed by atoms with Crippen molar-refractivity contribution in [3.63, 3.8) is 0 Å². The molecule has 1 atom stereocenters. The fourth-order valence-corrected chi connectivity index (χ4v) is 2.71. The zero-order chi connectivity index (χ0) is 14.4. The lowest BCUT2D eigenvalue weighted by molar-refractivity contribution is -0.702. The van der Waals surface area contributed by atoms with E-state index < -0.39 is 0 Å². The average Bonchev–Trinajstić information content (AvgIpc) is 2.47. The first kappa shape index (κ1) is 14.9. The maximum atomic E-state index is 10.1. The summed E-state index contributed by atoms with van der Waals surface area (Å²) in [4.78, 5) is 3.26. The van der Waals surface area contributed by atoms with E-state index in [1.165, 1.54) is 4.90 Å². The topological polar surface area (TPSA) is 27.4 Å². The third kappa shape index (κ3) is 4.54. The molecule has 1 unspecified atom stereocenters. The molecule has 0 aliphatic heterocycles. The summed E-state index contributed by atoms with van der Waals surface area (Å²) in [6.07, 6.45) is 3.66. The molecule has 106 valence electrons. The fourth-order valence-electron chi connectivity index (χ4n) is 1.87. The molecule has 0 bridgehead atoms. The standard InChI is InChI=1S/C16H21N2OS/c1-17(2)14-8-10-18(11-9-14)12-15(19)13-20-16-6-4-3-5-7-16/h3-11,15,19H,12-13H2,1-2H3/q+1. The third-order valence-electron chi connectivity index (χ3n) is 3.00. The molecule has 2 aromatic rings. The fraction of sp³-hybridized carbons (Fsp3) is 0.312. The number of aliphatic hydroxyl groups excluding tert-OH is 1. The van der Waals surface area contributed by atoms with E-state index in [1.807, 2.05) is 49.3 Å². The second-order valence-corrected chi connectivity index (χ2v) is 6.02. The Hall–Kier alpha value is -1.52. The molecule has 3 nitrogen and oxygen atoms in total. The van der Waals surface area contributed by atoms with Crippen LogP contribution in [0, 0.1) is 0 Å². The largest absolute Gasteiger partial charge is 0.386 e. The van der Waals surface area contributed by atoms with Crippen LogP contribution in [0.5, 0.6) is 0 Å². The Morgan fingerprint density at radius 3 is 2.35 bits per heavy atom. The van der Waals surface area contributed by atoms with Gasteiger partial charge in [0.1, 0.15) is 6.10 Å². The number of pyridine rings is 1. The highest BCUT2D eigenvalue weighted by Crippen LogP contribution is 2.17. The van der Waals surface area contributed by atoms with Crippen molar-refractivity contribution in [2.24, 2.45) is 0 Å². The number of hydrogen-bond acceptors (Lipinski definition) is 3. The lowest BCUT2D eigenvalue weighted by atomic mass is 10.3. The molecule has 0 aliphatic rings. The molecule has 0 radical (unpaired) electrons. The number of aliphatic hydroxyl groups is 1. The maximum Gasteiger partial charge on any atom is 0.174 e. The van der Waals surface area contributed by atoms with Gasteiger partial charge in [0.05, 0.1) is 0 Å².